The van der Waals surface area contributed by atoms with Crippen molar-refractivity contribution < 1.29 is 13.2 Å². The van der Waals surface area contributed by atoms with Crippen molar-refractivity contribution >= 4 is 21.4 Å². The second kappa shape index (κ2) is 6.92. The quantitative estimate of drug-likeness (QED) is 0.747. The van der Waals surface area contributed by atoms with E-state index in [1.165, 1.54) is 11.8 Å². The van der Waals surface area contributed by atoms with E-state index in [9.17, 15) is 13.2 Å². The first kappa shape index (κ1) is 18.1. The van der Waals surface area contributed by atoms with Crippen molar-refractivity contribution in [2.75, 3.05) is 6.26 Å². The molecule has 0 aliphatic rings. The predicted octanol–water partition coefficient (Wildman–Crippen LogP) is 2.54. The zero-order valence-electron chi connectivity index (χ0n) is 15.0. The van der Waals surface area contributed by atoms with Crippen molar-refractivity contribution in [2.24, 2.45) is 0 Å². The summed E-state index contributed by atoms with van der Waals surface area (Å²) in [6.07, 6.45) is 3.94. The van der Waals surface area contributed by atoms with Gasteiger partial charge in [-0.05, 0) is 48.7 Å². The third kappa shape index (κ3) is 3.62. The number of fused-ring (bicyclic) bond motifs is 1. The van der Waals surface area contributed by atoms with E-state index in [4.69, 9.17) is 0 Å². The highest BCUT2D eigenvalue weighted by Gasteiger charge is 2.16. The molecule has 0 saturated carbocycles. The lowest BCUT2D eigenvalue weighted by molar-refractivity contribution is 0.0944. The number of rotatable bonds is 5. The van der Waals surface area contributed by atoms with Crippen LogP contribution < -0.4 is 5.32 Å². The van der Waals surface area contributed by atoms with Gasteiger partial charge in [0.05, 0.1) is 10.6 Å². The molecule has 136 valence electrons. The monoisotopic (exact) mass is 371 g/mol. The number of amides is 1. The van der Waals surface area contributed by atoms with Gasteiger partial charge >= 0.3 is 0 Å². The molecule has 0 spiro atoms. The minimum Gasteiger partial charge on any atom is -0.347 e. The molecule has 0 saturated heterocycles. The Morgan fingerprint density at radius 2 is 1.85 bits per heavy atom. The number of imidazole rings is 1. The van der Waals surface area contributed by atoms with E-state index in [-0.39, 0.29) is 10.8 Å². The minimum absolute atomic E-state index is 0.216. The maximum atomic E-state index is 12.6. The van der Waals surface area contributed by atoms with Crippen molar-refractivity contribution in [3.05, 3.63) is 65.1 Å². The predicted molar refractivity (Wildman–Crippen MR) is 100 cm³/mol. The van der Waals surface area contributed by atoms with Gasteiger partial charge in [0.2, 0.25) is 0 Å². The summed E-state index contributed by atoms with van der Waals surface area (Å²) in [5.74, 6) is -0.216. The van der Waals surface area contributed by atoms with Crippen LogP contribution in [0.2, 0.25) is 0 Å². The highest BCUT2D eigenvalue weighted by Crippen LogP contribution is 2.15. The second-order valence-electron chi connectivity index (χ2n) is 6.26. The van der Waals surface area contributed by atoms with Crippen molar-refractivity contribution in [3.8, 4) is 0 Å². The first-order valence-corrected chi connectivity index (χ1v) is 10.2. The maximum Gasteiger partial charge on any atom is 0.270 e. The van der Waals surface area contributed by atoms with Crippen LogP contribution in [0.4, 0.5) is 0 Å². The Hall–Kier alpha value is -2.67. The molecule has 6 nitrogen and oxygen atoms in total. The molecule has 3 aromatic rings. The van der Waals surface area contributed by atoms with Gasteiger partial charge in [-0.3, -0.25) is 9.20 Å². The average Bonchev–Trinajstić information content (AvgIpc) is 2.94. The molecular weight excluding hydrogens is 350 g/mol. The van der Waals surface area contributed by atoms with Gasteiger partial charge in [-0.15, -0.1) is 0 Å². The number of carbonyl (C=O) groups excluding carboxylic acids is 1. The van der Waals surface area contributed by atoms with Crippen LogP contribution in [0.5, 0.6) is 0 Å². The summed E-state index contributed by atoms with van der Waals surface area (Å²) < 4.78 is 24.8. The molecule has 2 aromatic heterocycles. The number of pyridine rings is 1. The summed E-state index contributed by atoms with van der Waals surface area (Å²) in [6.45, 7) is 4.20. The summed E-state index contributed by atoms with van der Waals surface area (Å²) in [5.41, 5.74) is 3.93. The van der Waals surface area contributed by atoms with Crippen molar-refractivity contribution in [3.63, 3.8) is 0 Å². The number of sulfone groups is 1. The Morgan fingerprint density at radius 1 is 1.15 bits per heavy atom. The van der Waals surface area contributed by atoms with Crippen molar-refractivity contribution in [1.29, 1.82) is 0 Å². The molecule has 0 atom stereocenters. The third-order valence-corrected chi connectivity index (χ3v) is 5.42. The van der Waals surface area contributed by atoms with Crippen LogP contribution in [-0.2, 0) is 22.8 Å². The first-order chi connectivity index (χ1) is 12.3. The van der Waals surface area contributed by atoms with E-state index in [1.54, 1.807) is 28.7 Å². The maximum absolute atomic E-state index is 12.6. The van der Waals surface area contributed by atoms with Gasteiger partial charge in [0.25, 0.3) is 5.91 Å². The van der Waals surface area contributed by atoms with Gasteiger partial charge in [0.15, 0.2) is 9.84 Å². The van der Waals surface area contributed by atoms with E-state index >= 15 is 0 Å². The minimum atomic E-state index is -3.22. The number of aryl methyl sites for hydroxylation is 2. The Morgan fingerprint density at radius 3 is 2.46 bits per heavy atom. The Labute approximate surface area is 152 Å². The van der Waals surface area contributed by atoms with Gasteiger partial charge in [-0.2, -0.15) is 0 Å². The lowest BCUT2D eigenvalue weighted by atomic mass is 10.2. The highest BCUT2D eigenvalue weighted by molar-refractivity contribution is 7.90. The molecular formula is C19H21N3O3S. The summed E-state index contributed by atoms with van der Waals surface area (Å²) in [5, 5.41) is 2.87. The lowest BCUT2D eigenvalue weighted by Crippen LogP contribution is -2.25. The molecule has 0 radical (unpaired) electrons. The molecule has 3 rings (SSSR count). The standard InChI is InChI=1S/C19H21N3O3S/c1-4-14-9-10-22-17(11-14)21-13(2)18(22)19(23)20-12-15-5-7-16(8-6-15)26(3,24)25/h5-11H,4,12H2,1-3H3,(H,20,23). The molecule has 1 amide bonds. The number of hydrogen-bond donors (Lipinski definition) is 1. The van der Waals surface area contributed by atoms with Crippen LogP contribution in [0.1, 0.15) is 34.2 Å². The van der Waals surface area contributed by atoms with E-state index in [1.807, 2.05) is 25.3 Å². The molecule has 2 heterocycles. The molecule has 0 unspecified atom stereocenters. The first-order valence-electron chi connectivity index (χ1n) is 8.34. The molecule has 7 heteroatoms. The number of aromatic nitrogens is 2. The molecule has 1 aromatic carbocycles. The third-order valence-electron chi connectivity index (χ3n) is 4.29. The molecule has 1 N–H and O–H groups in total. The van der Waals surface area contributed by atoms with Crippen LogP contribution in [0, 0.1) is 6.92 Å². The van der Waals surface area contributed by atoms with E-state index in [0.717, 1.165) is 17.6 Å². The fraction of sp³-hybridized carbons (Fsp3) is 0.263. The molecule has 26 heavy (non-hydrogen) atoms. The van der Waals surface area contributed by atoms with Crippen molar-refractivity contribution in [1.82, 2.24) is 14.7 Å². The van der Waals surface area contributed by atoms with Gasteiger partial charge in [0, 0.05) is 19.0 Å². The number of nitrogens with one attached hydrogen (secondary N) is 1. The highest BCUT2D eigenvalue weighted by atomic mass is 32.2. The summed E-state index contributed by atoms with van der Waals surface area (Å²) in [7, 11) is -3.22. The molecule has 0 bridgehead atoms. The van der Waals surface area contributed by atoms with Gasteiger partial charge in [0.1, 0.15) is 11.3 Å². The fourth-order valence-electron chi connectivity index (χ4n) is 2.82. The Balaban J connectivity index is 1.78. The van der Waals surface area contributed by atoms with Crippen LogP contribution in [0.15, 0.2) is 47.5 Å². The number of carbonyl (C=O) groups is 1. The van der Waals surface area contributed by atoms with Crippen LogP contribution in [0.3, 0.4) is 0 Å². The van der Waals surface area contributed by atoms with Crippen LogP contribution >= 0.6 is 0 Å². The largest absolute Gasteiger partial charge is 0.347 e. The van der Waals surface area contributed by atoms with Gasteiger partial charge in [-0.25, -0.2) is 13.4 Å². The molecule has 0 fully saturated rings. The molecule has 0 aliphatic carbocycles. The Kier molecular flexibility index (Phi) is 4.82. The number of benzene rings is 1. The average molecular weight is 371 g/mol. The van der Waals surface area contributed by atoms with E-state index in [0.29, 0.717) is 17.9 Å². The van der Waals surface area contributed by atoms with Gasteiger partial charge in [-0.1, -0.05) is 19.1 Å². The van der Waals surface area contributed by atoms with Gasteiger partial charge < -0.3 is 5.32 Å². The smallest absolute Gasteiger partial charge is 0.270 e. The number of nitrogens with zero attached hydrogens (tertiary/aromatic N) is 2. The molecule has 0 aliphatic heterocycles. The topological polar surface area (TPSA) is 80.5 Å². The van der Waals surface area contributed by atoms with Crippen molar-refractivity contribution in [2.45, 2.75) is 31.7 Å². The fourth-order valence-corrected chi connectivity index (χ4v) is 3.45. The SMILES string of the molecule is CCc1ccn2c(C(=O)NCc3ccc(S(C)(=O)=O)cc3)c(C)nc2c1. The Bertz CT molecular complexity index is 1070. The summed E-state index contributed by atoms with van der Waals surface area (Å²) in [4.78, 5) is 17.4. The van der Waals surface area contributed by atoms with Crippen LogP contribution in [0.25, 0.3) is 5.65 Å². The zero-order chi connectivity index (χ0) is 18.9. The zero-order valence-corrected chi connectivity index (χ0v) is 15.8. The number of hydrogen-bond acceptors (Lipinski definition) is 4. The van der Waals surface area contributed by atoms with E-state index in [2.05, 4.69) is 17.2 Å². The summed E-state index contributed by atoms with van der Waals surface area (Å²) in [6, 6.07) is 10.4. The lowest BCUT2D eigenvalue weighted by Gasteiger charge is -2.07. The summed E-state index contributed by atoms with van der Waals surface area (Å²) >= 11 is 0. The van der Waals surface area contributed by atoms with Crippen LogP contribution in [-0.4, -0.2) is 30.0 Å². The second-order valence-corrected chi connectivity index (χ2v) is 8.28. The normalized spacial score (nSPS) is 11.7. The van der Waals surface area contributed by atoms with E-state index < -0.39 is 9.84 Å².